The van der Waals surface area contributed by atoms with E-state index in [9.17, 15) is 5.11 Å². The van der Waals surface area contributed by atoms with Crippen molar-refractivity contribution in [2.75, 3.05) is 66.6 Å². The van der Waals surface area contributed by atoms with E-state index in [2.05, 4.69) is 16.8 Å². The first-order chi connectivity index (χ1) is 13.1. The summed E-state index contributed by atoms with van der Waals surface area (Å²) in [6, 6.07) is 5.94. The second-order valence-electron chi connectivity index (χ2n) is 7.46. The molecule has 152 valence electrons. The number of ether oxygens (including phenoxy) is 2. The van der Waals surface area contributed by atoms with E-state index in [1.165, 1.54) is 0 Å². The number of β-amino-alcohol motifs (C(OH)–C–C–N with tert-alkyl or cyclic N) is 1. The smallest absolute Gasteiger partial charge is 0.161 e. The molecule has 2 aliphatic heterocycles. The van der Waals surface area contributed by atoms with Gasteiger partial charge in [0.2, 0.25) is 0 Å². The fraction of sp³-hybridized carbons (Fsp3) is 0.700. The molecule has 2 fully saturated rings. The molecule has 2 heterocycles. The first kappa shape index (κ1) is 20.4. The van der Waals surface area contributed by atoms with Gasteiger partial charge in [-0.1, -0.05) is 6.07 Å². The van der Waals surface area contributed by atoms with Gasteiger partial charge >= 0.3 is 0 Å². The van der Waals surface area contributed by atoms with Crippen LogP contribution in [0, 0.1) is 0 Å². The van der Waals surface area contributed by atoms with E-state index in [1.54, 1.807) is 7.11 Å². The molecule has 1 N–H and O–H groups in total. The van der Waals surface area contributed by atoms with Crippen molar-refractivity contribution >= 4 is 0 Å². The van der Waals surface area contributed by atoms with Crippen LogP contribution in [0.15, 0.2) is 18.2 Å². The van der Waals surface area contributed by atoms with Crippen molar-refractivity contribution in [1.82, 2.24) is 14.9 Å². The summed E-state index contributed by atoms with van der Waals surface area (Å²) in [5, 5.41) is 12.4. The van der Waals surface area contributed by atoms with Crippen LogP contribution in [0.25, 0.3) is 0 Å². The van der Waals surface area contributed by atoms with Gasteiger partial charge in [0.15, 0.2) is 11.5 Å². The Kier molecular flexibility index (Phi) is 7.72. The Morgan fingerprint density at radius 2 is 1.93 bits per heavy atom. The second kappa shape index (κ2) is 10.2. The summed E-state index contributed by atoms with van der Waals surface area (Å²) >= 11 is 0. The van der Waals surface area contributed by atoms with E-state index in [4.69, 9.17) is 14.3 Å². The monoisotopic (exact) mass is 379 g/mol. The van der Waals surface area contributed by atoms with Gasteiger partial charge in [0.05, 0.1) is 13.7 Å². The molecule has 2 aliphatic rings. The number of rotatable bonds is 8. The molecule has 2 saturated heterocycles. The van der Waals surface area contributed by atoms with E-state index in [0.29, 0.717) is 18.0 Å². The molecule has 0 bridgehead atoms. The van der Waals surface area contributed by atoms with Crippen LogP contribution in [0.1, 0.15) is 18.4 Å². The summed E-state index contributed by atoms with van der Waals surface area (Å²) in [5.74, 6) is 1.36. The molecule has 0 aliphatic carbocycles. The molecule has 0 saturated carbocycles. The van der Waals surface area contributed by atoms with E-state index in [1.807, 2.05) is 23.3 Å². The van der Waals surface area contributed by atoms with Crippen molar-refractivity contribution in [3.8, 4) is 11.5 Å². The standard InChI is InChI=1S/C20H33N3O4/c1-21-8-10-22(11-9-21)15-18(24)16-26-20-13-17(5-6-19(20)25-2)14-23-7-3-4-12-27-23/h5-6,13,18,24H,3-4,7-12,14-16H2,1-2H3/t18-/m1/s1. The number of benzene rings is 1. The molecule has 1 atom stereocenters. The molecule has 0 aromatic heterocycles. The number of nitrogens with zero attached hydrogens (tertiary/aromatic N) is 3. The number of hydrogen-bond acceptors (Lipinski definition) is 7. The normalized spacial score (nSPS) is 21.1. The lowest BCUT2D eigenvalue weighted by Crippen LogP contribution is -2.47. The number of hydrogen-bond donors (Lipinski definition) is 1. The largest absolute Gasteiger partial charge is 0.493 e. The van der Waals surface area contributed by atoms with Gasteiger partial charge in [-0.2, -0.15) is 5.06 Å². The number of aliphatic hydroxyl groups excluding tert-OH is 1. The Hall–Kier alpha value is -1.38. The second-order valence-corrected chi connectivity index (χ2v) is 7.46. The van der Waals surface area contributed by atoms with Crippen LogP contribution in [0.5, 0.6) is 11.5 Å². The van der Waals surface area contributed by atoms with Gasteiger partial charge in [-0.15, -0.1) is 0 Å². The number of piperazine rings is 1. The molecule has 0 unspecified atom stereocenters. The average Bonchev–Trinajstić information content (AvgIpc) is 2.69. The Labute approximate surface area is 162 Å². The number of methoxy groups -OCH3 is 1. The molecule has 0 spiro atoms. The predicted octanol–water partition coefficient (Wildman–Crippen LogP) is 1.21. The lowest BCUT2D eigenvalue weighted by Gasteiger charge is -2.33. The minimum Gasteiger partial charge on any atom is -0.493 e. The molecule has 0 radical (unpaired) electrons. The minimum absolute atomic E-state index is 0.256. The number of aliphatic hydroxyl groups is 1. The molecule has 3 rings (SSSR count). The van der Waals surface area contributed by atoms with Gasteiger partial charge < -0.3 is 19.5 Å². The Morgan fingerprint density at radius 1 is 1.11 bits per heavy atom. The lowest BCUT2D eigenvalue weighted by molar-refractivity contribution is -0.187. The third-order valence-electron chi connectivity index (χ3n) is 5.16. The summed E-state index contributed by atoms with van der Waals surface area (Å²) in [7, 11) is 3.77. The first-order valence-electron chi connectivity index (χ1n) is 9.90. The molecule has 7 heteroatoms. The molecule has 0 amide bonds. The van der Waals surface area contributed by atoms with Gasteiger partial charge in [0, 0.05) is 45.8 Å². The lowest BCUT2D eigenvalue weighted by atomic mass is 10.2. The first-order valence-corrected chi connectivity index (χ1v) is 9.90. The number of hydroxylamine groups is 2. The van der Waals surface area contributed by atoms with Crippen molar-refractivity contribution in [2.45, 2.75) is 25.5 Å². The Balaban J connectivity index is 1.52. The summed E-state index contributed by atoms with van der Waals surface area (Å²) in [6.07, 6.45) is 1.77. The van der Waals surface area contributed by atoms with Gasteiger partial charge in [-0.05, 0) is 37.6 Å². The maximum atomic E-state index is 10.4. The number of likely N-dealkylation sites (N-methyl/N-ethyl adjacent to an activating group) is 1. The summed E-state index contributed by atoms with van der Waals surface area (Å²) in [6.45, 7) is 7.42. The average molecular weight is 380 g/mol. The zero-order chi connectivity index (χ0) is 19.1. The minimum atomic E-state index is -0.521. The highest BCUT2D eigenvalue weighted by Crippen LogP contribution is 2.29. The van der Waals surface area contributed by atoms with Crippen LogP contribution in [0.3, 0.4) is 0 Å². The highest BCUT2D eigenvalue weighted by Gasteiger charge is 2.18. The van der Waals surface area contributed by atoms with Crippen molar-refractivity contribution < 1.29 is 19.4 Å². The molecule has 27 heavy (non-hydrogen) atoms. The third kappa shape index (κ3) is 6.33. The fourth-order valence-corrected chi connectivity index (χ4v) is 3.48. The van der Waals surface area contributed by atoms with E-state index in [-0.39, 0.29) is 6.61 Å². The fourth-order valence-electron chi connectivity index (χ4n) is 3.48. The SMILES string of the molecule is COc1ccc(CN2CCCCO2)cc1OC[C@H](O)CN1CCN(C)CC1. The van der Waals surface area contributed by atoms with Crippen LogP contribution in [0.2, 0.25) is 0 Å². The van der Waals surface area contributed by atoms with Crippen LogP contribution >= 0.6 is 0 Å². The Bertz CT molecular complexity index is 572. The molecular weight excluding hydrogens is 346 g/mol. The summed E-state index contributed by atoms with van der Waals surface area (Å²) in [5.41, 5.74) is 1.11. The van der Waals surface area contributed by atoms with Crippen molar-refractivity contribution in [3.05, 3.63) is 23.8 Å². The maximum Gasteiger partial charge on any atom is 0.161 e. The van der Waals surface area contributed by atoms with E-state index in [0.717, 1.165) is 64.3 Å². The van der Waals surface area contributed by atoms with E-state index >= 15 is 0 Å². The summed E-state index contributed by atoms with van der Waals surface area (Å²) in [4.78, 5) is 10.3. The molecular formula is C20H33N3O4. The van der Waals surface area contributed by atoms with Crippen LogP contribution < -0.4 is 9.47 Å². The molecule has 7 nitrogen and oxygen atoms in total. The van der Waals surface area contributed by atoms with Gasteiger partial charge in [0.1, 0.15) is 12.7 Å². The Morgan fingerprint density at radius 3 is 2.63 bits per heavy atom. The molecule has 1 aromatic carbocycles. The van der Waals surface area contributed by atoms with E-state index < -0.39 is 6.10 Å². The van der Waals surface area contributed by atoms with Gasteiger partial charge in [-0.3, -0.25) is 9.74 Å². The zero-order valence-corrected chi connectivity index (χ0v) is 16.6. The third-order valence-corrected chi connectivity index (χ3v) is 5.16. The maximum absolute atomic E-state index is 10.4. The summed E-state index contributed by atoms with van der Waals surface area (Å²) < 4.78 is 11.3. The van der Waals surface area contributed by atoms with Crippen molar-refractivity contribution in [2.24, 2.45) is 0 Å². The van der Waals surface area contributed by atoms with Crippen LogP contribution in [-0.4, -0.2) is 92.7 Å². The van der Waals surface area contributed by atoms with Crippen LogP contribution in [-0.2, 0) is 11.4 Å². The zero-order valence-electron chi connectivity index (χ0n) is 16.6. The topological polar surface area (TPSA) is 57.6 Å². The van der Waals surface area contributed by atoms with Gasteiger partial charge in [0.25, 0.3) is 0 Å². The highest BCUT2D eigenvalue weighted by atomic mass is 16.7. The highest BCUT2D eigenvalue weighted by molar-refractivity contribution is 5.43. The quantitative estimate of drug-likeness (QED) is 0.729. The predicted molar refractivity (Wildman–Crippen MR) is 104 cm³/mol. The van der Waals surface area contributed by atoms with Crippen molar-refractivity contribution in [3.63, 3.8) is 0 Å². The van der Waals surface area contributed by atoms with Crippen molar-refractivity contribution in [1.29, 1.82) is 0 Å². The van der Waals surface area contributed by atoms with Gasteiger partial charge in [-0.25, -0.2) is 0 Å². The molecule has 1 aromatic rings. The van der Waals surface area contributed by atoms with Crippen LogP contribution in [0.4, 0.5) is 0 Å².